The van der Waals surface area contributed by atoms with Gasteiger partial charge in [0, 0.05) is 61.1 Å². The predicted octanol–water partition coefficient (Wildman–Crippen LogP) is 17.2. The SMILES string of the molecule is CC1(C)c2cc(N(c3ccccc3)c3ccc(F)cc3)ccc2-c2c1ccc1c2ccc2c1c1cc(-c3ccccc3)cc3c4ccc(N(c5ccccc5)c5ccc(F)cc5)cc4n2c31. The molecule has 0 N–H and O–H groups in total. The van der Waals surface area contributed by atoms with Gasteiger partial charge in [0.1, 0.15) is 11.6 Å². The summed E-state index contributed by atoms with van der Waals surface area (Å²) in [6, 6.07) is 72.4. The molecule has 2 aromatic heterocycles. The highest BCUT2D eigenvalue weighted by molar-refractivity contribution is 6.30. The molecule has 0 bridgehead atoms. The Morgan fingerprint density at radius 2 is 0.894 bits per heavy atom. The number of hydrogen-bond donors (Lipinski definition) is 0. The molecule has 0 saturated carbocycles. The first kappa shape index (κ1) is 38.2. The van der Waals surface area contributed by atoms with Gasteiger partial charge in [0.2, 0.25) is 0 Å². The standard InChI is InChI=1S/C61H41F2N3/c1-61(2)54-32-30-50-49(58(54)51-29-27-46(36-55(51)61)64(42-14-8-4-9-15-42)44-22-18-40(62)19-23-44)31-33-56-59(50)53-35-39(38-12-6-3-7-13-38)34-52-48-28-26-47(37-57(48)66(56)60(52)53)65(43-16-10-5-11-17-43)45-24-20-41(63)21-25-45/h3-37H,1-2H3. The molecule has 0 fully saturated rings. The topological polar surface area (TPSA) is 10.9 Å². The van der Waals surface area contributed by atoms with Crippen molar-refractivity contribution in [1.29, 1.82) is 0 Å². The molecule has 5 heteroatoms. The normalized spacial score (nSPS) is 13.0. The van der Waals surface area contributed by atoms with E-state index in [9.17, 15) is 8.78 Å². The molecule has 10 aromatic carbocycles. The third kappa shape index (κ3) is 5.66. The fourth-order valence-electron chi connectivity index (χ4n) is 11.0. The third-order valence-corrected chi connectivity index (χ3v) is 14.0. The van der Waals surface area contributed by atoms with Crippen molar-refractivity contribution in [3.63, 3.8) is 0 Å². The molecule has 66 heavy (non-hydrogen) atoms. The second kappa shape index (κ2) is 14.4. The van der Waals surface area contributed by atoms with Crippen molar-refractivity contribution in [2.45, 2.75) is 19.3 Å². The van der Waals surface area contributed by atoms with Gasteiger partial charge in [0.25, 0.3) is 0 Å². The van der Waals surface area contributed by atoms with Crippen molar-refractivity contribution >= 4 is 83.0 Å². The molecule has 314 valence electrons. The largest absolute Gasteiger partial charge is 0.310 e. The first-order valence-electron chi connectivity index (χ1n) is 22.5. The van der Waals surface area contributed by atoms with Gasteiger partial charge >= 0.3 is 0 Å². The van der Waals surface area contributed by atoms with Crippen molar-refractivity contribution in [2.75, 3.05) is 9.80 Å². The van der Waals surface area contributed by atoms with Gasteiger partial charge in [-0.05, 0) is 159 Å². The monoisotopic (exact) mass is 853 g/mol. The van der Waals surface area contributed by atoms with Gasteiger partial charge in [-0.3, -0.25) is 0 Å². The van der Waals surface area contributed by atoms with Gasteiger partial charge in [-0.15, -0.1) is 0 Å². The van der Waals surface area contributed by atoms with Gasteiger partial charge in [-0.25, -0.2) is 8.78 Å². The Morgan fingerprint density at radius 3 is 1.53 bits per heavy atom. The molecule has 2 heterocycles. The lowest BCUT2D eigenvalue weighted by atomic mass is 9.81. The van der Waals surface area contributed by atoms with Gasteiger partial charge in [-0.2, -0.15) is 0 Å². The molecule has 13 rings (SSSR count). The van der Waals surface area contributed by atoms with E-state index in [1.807, 2.05) is 60.7 Å². The number of aromatic nitrogens is 1. The maximum absolute atomic E-state index is 14.3. The van der Waals surface area contributed by atoms with Crippen LogP contribution in [-0.4, -0.2) is 4.40 Å². The predicted molar refractivity (Wildman–Crippen MR) is 271 cm³/mol. The molecular formula is C61H41F2N3. The molecule has 0 atom stereocenters. The van der Waals surface area contributed by atoms with Crippen LogP contribution in [-0.2, 0) is 5.41 Å². The number of nitrogens with zero attached hydrogens (tertiary/aromatic N) is 3. The Labute approximate surface area is 381 Å². The van der Waals surface area contributed by atoms with E-state index in [0.717, 1.165) is 45.2 Å². The van der Waals surface area contributed by atoms with Crippen molar-refractivity contribution in [1.82, 2.24) is 4.40 Å². The first-order chi connectivity index (χ1) is 32.3. The van der Waals surface area contributed by atoms with Crippen molar-refractivity contribution in [3.8, 4) is 22.3 Å². The maximum atomic E-state index is 14.3. The number of anilines is 6. The van der Waals surface area contributed by atoms with Crippen LogP contribution < -0.4 is 9.80 Å². The van der Waals surface area contributed by atoms with Crippen LogP contribution in [0.1, 0.15) is 25.0 Å². The number of hydrogen-bond acceptors (Lipinski definition) is 2. The fraction of sp³-hybridized carbons (Fsp3) is 0.0492. The fourth-order valence-corrected chi connectivity index (χ4v) is 11.0. The first-order valence-corrected chi connectivity index (χ1v) is 22.5. The molecular weight excluding hydrogens is 813 g/mol. The number of benzene rings is 10. The van der Waals surface area contributed by atoms with Gasteiger partial charge in [-0.1, -0.05) is 111 Å². The smallest absolute Gasteiger partial charge is 0.123 e. The maximum Gasteiger partial charge on any atom is 0.123 e. The second-order valence-electron chi connectivity index (χ2n) is 18.0. The summed E-state index contributed by atoms with van der Waals surface area (Å²) >= 11 is 0. The minimum absolute atomic E-state index is 0.259. The van der Waals surface area contributed by atoms with Gasteiger partial charge in [0.05, 0.1) is 16.6 Å². The molecule has 12 aromatic rings. The van der Waals surface area contributed by atoms with E-state index in [0.29, 0.717) is 0 Å². The molecule has 0 unspecified atom stereocenters. The third-order valence-electron chi connectivity index (χ3n) is 14.0. The number of para-hydroxylation sites is 2. The molecule has 1 aliphatic rings. The van der Waals surface area contributed by atoms with Crippen LogP contribution in [0, 0.1) is 11.6 Å². The summed E-state index contributed by atoms with van der Waals surface area (Å²) in [5.41, 5.74) is 16.4. The second-order valence-corrected chi connectivity index (χ2v) is 18.0. The number of rotatable bonds is 7. The van der Waals surface area contributed by atoms with Crippen LogP contribution in [0.25, 0.3) is 71.1 Å². The molecule has 1 aliphatic carbocycles. The summed E-state index contributed by atoms with van der Waals surface area (Å²) in [7, 11) is 0. The van der Waals surface area contributed by atoms with E-state index >= 15 is 0 Å². The average molecular weight is 854 g/mol. The highest BCUT2D eigenvalue weighted by Crippen LogP contribution is 2.55. The minimum Gasteiger partial charge on any atom is -0.310 e. The van der Waals surface area contributed by atoms with Crippen LogP contribution in [0.5, 0.6) is 0 Å². The lowest BCUT2D eigenvalue weighted by Crippen LogP contribution is -2.16. The Hall–Kier alpha value is -8.28. The highest BCUT2D eigenvalue weighted by atomic mass is 19.1. The summed E-state index contributed by atoms with van der Waals surface area (Å²) in [6.45, 7) is 4.66. The average Bonchev–Trinajstić information content (AvgIpc) is 3.95. The summed E-state index contributed by atoms with van der Waals surface area (Å²) < 4.78 is 31.0. The lowest BCUT2D eigenvalue weighted by Gasteiger charge is -2.28. The van der Waals surface area contributed by atoms with Crippen LogP contribution in [0.4, 0.5) is 42.9 Å². The minimum atomic E-state index is -0.285. The zero-order chi connectivity index (χ0) is 44.3. The number of fused-ring (bicyclic) bond motifs is 12. The molecule has 0 radical (unpaired) electrons. The number of halogens is 2. The quantitative estimate of drug-likeness (QED) is 0.158. The van der Waals surface area contributed by atoms with Gasteiger partial charge in [0.15, 0.2) is 0 Å². The Bertz CT molecular complexity index is 3840. The van der Waals surface area contributed by atoms with Crippen molar-refractivity contribution < 1.29 is 8.78 Å². The summed E-state index contributed by atoms with van der Waals surface area (Å²) in [4.78, 5) is 4.40. The zero-order valence-corrected chi connectivity index (χ0v) is 36.3. The summed E-state index contributed by atoms with van der Waals surface area (Å²) in [5.74, 6) is -0.525. The van der Waals surface area contributed by atoms with E-state index in [1.54, 1.807) is 0 Å². The van der Waals surface area contributed by atoms with E-state index in [4.69, 9.17) is 0 Å². The molecule has 0 saturated heterocycles. The highest BCUT2D eigenvalue weighted by Gasteiger charge is 2.37. The van der Waals surface area contributed by atoms with Crippen LogP contribution in [0.2, 0.25) is 0 Å². The van der Waals surface area contributed by atoms with Crippen molar-refractivity contribution in [2.24, 2.45) is 0 Å². The van der Waals surface area contributed by atoms with Gasteiger partial charge < -0.3 is 14.2 Å². The summed E-state index contributed by atoms with van der Waals surface area (Å²) in [5, 5.41) is 7.27. The van der Waals surface area contributed by atoms with Crippen LogP contribution in [0.3, 0.4) is 0 Å². The summed E-state index contributed by atoms with van der Waals surface area (Å²) in [6.07, 6.45) is 0. The molecule has 3 nitrogen and oxygen atoms in total. The van der Waals surface area contributed by atoms with E-state index in [1.165, 1.54) is 95.5 Å². The van der Waals surface area contributed by atoms with Crippen molar-refractivity contribution in [3.05, 3.63) is 235 Å². The Balaban J connectivity index is 1.05. The van der Waals surface area contributed by atoms with E-state index in [2.05, 4.69) is 155 Å². The lowest BCUT2D eigenvalue weighted by molar-refractivity contribution is 0.627. The molecule has 0 spiro atoms. The molecule has 0 aliphatic heterocycles. The van der Waals surface area contributed by atoms with E-state index in [-0.39, 0.29) is 17.0 Å². The Kier molecular flexibility index (Phi) is 8.31. The van der Waals surface area contributed by atoms with E-state index < -0.39 is 0 Å². The van der Waals surface area contributed by atoms with Crippen LogP contribution >= 0.6 is 0 Å². The van der Waals surface area contributed by atoms with Crippen LogP contribution in [0.15, 0.2) is 212 Å². The molecule has 0 amide bonds. The zero-order valence-electron chi connectivity index (χ0n) is 36.3. The Morgan fingerprint density at radius 1 is 0.379 bits per heavy atom.